The first kappa shape index (κ1) is 28.5. The Kier molecular flexibility index (Phi) is 13.1. The molecule has 35 heavy (non-hydrogen) atoms. The van der Waals surface area contributed by atoms with Crippen LogP contribution >= 0.6 is 31.9 Å². The number of carbonyl (C=O) groups is 2. The van der Waals surface area contributed by atoms with Gasteiger partial charge in [-0.3, -0.25) is 9.59 Å². The van der Waals surface area contributed by atoms with Crippen molar-refractivity contribution < 1.29 is 19.1 Å². The summed E-state index contributed by atoms with van der Waals surface area (Å²) in [6, 6.07) is 11.1. The number of nitrogens with zero attached hydrogens (tertiary/aromatic N) is 2. The van der Waals surface area contributed by atoms with Gasteiger partial charge in [0.2, 0.25) is 11.8 Å². The summed E-state index contributed by atoms with van der Waals surface area (Å²) in [7, 11) is 3.17. The predicted octanol–water partition coefficient (Wildman–Crippen LogP) is 5.56. The number of rotatable bonds is 14. The first-order valence-electron chi connectivity index (χ1n) is 11.2. The smallest absolute Gasteiger partial charge is 0.240 e. The van der Waals surface area contributed by atoms with Crippen LogP contribution in [0.1, 0.15) is 56.1 Å². The van der Waals surface area contributed by atoms with Crippen LogP contribution in [-0.2, 0) is 9.59 Å². The summed E-state index contributed by atoms with van der Waals surface area (Å²) >= 11 is 6.80. The number of nitrogens with one attached hydrogen (secondary N) is 2. The van der Waals surface area contributed by atoms with Crippen molar-refractivity contribution in [1.29, 1.82) is 0 Å². The number of halogens is 2. The van der Waals surface area contributed by atoms with Crippen molar-refractivity contribution in [3.63, 3.8) is 0 Å². The largest absolute Gasteiger partial charge is 0.496 e. The van der Waals surface area contributed by atoms with Crippen LogP contribution in [-0.4, -0.2) is 38.5 Å². The molecule has 0 unspecified atom stereocenters. The van der Waals surface area contributed by atoms with Crippen molar-refractivity contribution in [3.8, 4) is 11.5 Å². The lowest BCUT2D eigenvalue weighted by Gasteiger charge is -2.05. The molecular formula is C25H30Br2N4O4. The second-order valence-electron chi connectivity index (χ2n) is 7.63. The molecule has 188 valence electrons. The van der Waals surface area contributed by atoms with Gasteiger partial charge in [0.1, 0.15) is 11.5 Å². The zero-order chi connectivity index (χ0) is 25.5. The summed E-state index contributed by atoms with van der Waals surface area (Å²) in [5.41, 5.74) is 6.62. The maximum absolute atomic E-state index is 12.0. The third kappa shape index (κ3) is 11.0. The minimum Gasteiger partial charge on any atom is -0.496 e. The molecule has 0 aliphatic carbocycles. The lowest BCUT2D eigenvalue weighted by Crippen LogP contribution is -2.17. The number of benzene rings is 2. The van der Waals surface area contributed by atoms with Crippen molar-refractivity contribution in [3.05, 3.63) is 56.5 Å². The van der Waals surface area contributed by atoms with E-state index in [0.717, 1.165) is 52.2 Å². The van der Waals surface area contributed by atoms with E-state index >= 15 is 0 Å². The summed E-state index contributed by atoms with van der Waals surface area (Å²) in [5, 5.41) is 8.01. The summed E-state index contributed by atoms with van der Waals surface area (Å²) in [6.07, 6.45) is 8.26. The summed E-state index contributed by atoms with van der Waals surface area (Å²) in [6.45, 7) is 0. The highest BCUT2D eigenvalue weighted by atomic mass is 79.9. The molecular weight excluding hydrogens is 580 g/mol. The normalized spacial score (nSPS) is 11.1. The number of unbranched alkanes of at least 4 members (excludes halogenated alkanes) is 4. The quantitative estimate of drug-likeness (QED) is 0.166. The van der Waals surface area contributed by atoms with Crippen LogP contribution in [0.5, 0.6) is 11.5 Å². The van der Waals surface area contributed by atoms with Gasteiger partial charge in [0.15, 0.2) is 0 Å². The van der Waals surface area contributed by atoms with Gasteiger partial charge < -0.3 is 9.47 Å². The molecule has 0 heterocycles. The molecule has 0 saturated heterocycles. The fourth-order valence-corrected chi connectivity index (χ4v) is 3.93. The van der Waals surface area contributed by atoms with Crippen molar-refractivity contribution in [2.45, 2.75) is 44.9 Å². The summed E-state index contributed by atoms with van der Waals surface area (Å²) in [5.74, 6) is 1.09. The third-order valence-corrected chi connectivity index (χ3v) is 5.96. The van der Waals surface area contributed by atoms with E-state index in [-0.39, 0.29) is 11.8 Å². The van der Waals surface area contributed by atoms with Gasteiger partial charge in [-0.05, 0) is 49.2 Å². The van der Waals surface area contributed by atoms with E-state index in [0.29, 0.717) is 24.3 Å². The van der Waals surface area contributed by atoms with Gasteiger partial charge in [-0.1, -0.05) is 51.1 Å². The molecule has 2 rings (SSSR count). The van der Waals surface area contributed by atoms with Crippen molar-refractivity contribution >= 4 is 56.1 Å². The zero-order valence-electron chi connectivity index (χ0n) is 19.9. The van der Waals surface area contributed by atoms with Crippen LogP contribution in [0.15, 0.2) is 55.5 Å². The summed E-state index contributed by atoms with van der Waals surface area (Å²) < 4.78 is 12.3. The molecule has 0 aliphatic heterocycles. The molecule has 0 atom stereocenters. The average molecular weight is 610 g/mol. The van der Waals surface area contributed by atoms with E-state index in [1.165, 1.54) is 0 Å². The molecule has 2 N–H and O–H groups in total. The van der Waals surface area contributed by atoms with Gasteiger partial charge >= 0.3 is 0 Å². The Morgan fingerprint density at radius 1 is 0.743 bits per heavy atom. The van der Waals surface area contributed by atoms with E-state index in [4.69, 9.17) is 9.47 Å². The molecule has 0 bridgehead atoms. The van der Waals surface area contributed by atoms with Crippen LogP contribution in [0.4, 0.5) is 0 Å². The maximum atomic E-state index is 12.0. The number of hydrazone groups is 2. The molecule has 8 nitrogen and oxygen atoms in total. The Morgan fingerprint density at radius 3 is 1.54 bits per heavy atom. The Hall–Kier alpha value is -2.72. The highest BCUT2D eigenvalue weighted by Gasteiger charge is 2.04. The molecule has 0 radical (unpaired) electrons. The van der Waals surface area contributed by atoms with E-state index in [9.17, 15) is 9.59 Å². The second kappa shape index (κ2) is 16.0. The van der Waals surface area contributed by atoms with Crippen LogP contribution in [0.2, 0.25) is 0 Å². The van der Waals surface area contributed by atoms with Crippen molar-refractivity contribution in [2.75, 3.05) is 14.2 Å². The Balaban J connectivity index is 1.55. The third-order valence-electron chi connectivity index (χ3n) is 4.98. The Bertz CT molecular complexity index is 963. The van der Waals surface area contributed by atoms with Gasteiger partial charge in [-0.2, -0.15) is 10.2 Å². The highest BCUT2D eigenvalue weighted by Crippen LogP contribution is 2.22. The monoisotopic (exact) mass is 608 g/mol. The molecule has 0 aliphatic rings. The fraction of sp³-hybridized carbons (Fsp3) is 0.360. The number of methoxy groups -OCH3 is 2. The van der Waals surface area contributed by atoms with Gasteiger partial charge in [0.25, 0.3) is 0 Å². The average Bonchev–Trinajstić information content (AvgIpc) is 2.84. The number of hydrogen-bond acceptors (Lipinski definition) is 6. The molecule has 0 fully saturated rings. The summed E-state index contributed by atoms with van der Waals surface area (Å²) in [4.78, 5) is 23.9. The van der Waals surface area contributed by atoms with Gasteiger partial charge in [0.05, 0.1) is 26.6 Å². The highest BCUT2D eigenvalue weighted by molar-refractivity contribution is 9.10. The molecule has 0 spiro atoms. The van der Waals surface area contributed by atoms with E-state index in [2.05, 4.69) is 52.9 Å². The van der Waals surface area contributed by atoms with Crippen LogP contribution < -0.4 is 20.3 Å². The first-order valence-corrected chi connectivity index (χ1v) is 12.8. The Labute approximate surface area is 222 Å². The van der Waals surface area contributed by atoms with Crippen LogP contribution in [0.25, 0.3) is 0 Å². The first-order chi connectivity index (χ1) is 16.9. The maximum Gasteiger partial charge on any atom is 0.240 e. The topological polar surface area (TPSA) is 101 Å². The predicted molar refractivity (Wildman–Crippen MR) is 145 cm³/mol. The molecule has 2 amide bonds. The molecule has 10 heteroatoms. The van der Waals surface area contributed by atoms with Gasteiger partial charge in [-0.15, -0.1) is 0 Å². The lowest BCUT2D eigenvalue weighted by atomic mass is 10.1. The van der Waals surface area contributed by atoms with Crippen molar-refractivity contribution in [1.82, 2.24) is 10.9 Å². The van der Waals surface area contributed by atoms with E-state index < -0.39 is 0 Å². The molecule has 0 saturated carbocycles. The van der Waals surface area contributed by atoms with Gasteiger partial charge in [0, 0.05) is 32.9 Å². The SMILES string of the molecule is COc1ccc(Br)cc1/C=N/NC(=O)CCCCCCCC(=O)N/N=C/c1cc(Br)ccc1OC. The number of ether oxygens (including phenoxy) is 2. The second-order valence-corrected chi connectivity index (χ2v) is 9.46. The minimum absolute atomic E-state index is 0.130. The number of amides is 2. The number of hydrogen-bond donors (Lipinski definition) is 2. The molecule has 2 aromatic rings. The fourth-order valence-electron chi connectivity index (χ4n) is 3.17. The van der Waals surface area contributed by atoms with Crippen LogP contribution in [0.3, 0.4) is 0 Å². The molecule has 2 aromatic carbocycles. The lowest BCUT2D eigenvalue weighted by molar-refractivity contribution is -0.121. The van der Waals surface area contributed by atoms with Crippen molar-refractivity contribution in [2.24, 2.45) is 10.2 Å². The Morgan fingerprint density at radius 2 is 1.14 bits per heavy atom. The van der Waals surface area contributed by atoms with E-state index in [1.807, 2.05) is 36.4 Å². The number of carbonyl (C=O) groups excluding carboxylic acids is 2. The van der Waals surface area contributed by atoms with Gasteiger partial charge in [-0.25, -0.2) is 10.9 Å². The van der Waals surface area contributed by atoms with Crippen LogP contribution in [0, 0.1) is 0 Å². The standard InChI is InChI=1S/C25H30Br2N4O4/c1-34-22-12-10-20(26)14-18(22)16-28-30-24(32)8-6-4-3-5-7-9-25(33)31-29-17-19-15-21(27)11-13-23(19)35-2/h10-17H,3-9H2,1-2H3,(H,30,32)(H,31,33)/b28-16+,29-17+. The van der Waals surface area contributed by atoms with E-state index in [1.54, 1.807) is 26.6 Å². The molecule has 0 aromatic heterocycles. The minimum atomic E-state index is -0.130. The zero-order valence-corrected chi connectivity index (χ0v) is 23.0.